The number of hydrogen-bond acceptors (Lipinski definition) is 3. The molecule has 1 unspecified atom stereocenters. The van der Waals surface area contributed by atoms with E-state index in [0.717, 1.165) is 12.1 Å². The summed E-state index contributed by atoms with van der Waals surface area (Å²) in [5.41, 5.74) is 2.22. The van der Waals surface area contributed by atoms with E-state index in [0.29, 0.717) is 12.4 Å². The van der Waals surface area contributed by atoms with Crippen LogP contribution in [0.25, 0.3) is 0 Å². The van der Waals surface area contributed by atoms with Crippen LogP contribution in [0.3, 0.4) is 0 Å². The van der Waals surface area contributed by atoms with Crippen molar-refractivity contribution in [2.75, 3.05) is 5.88 Å². The Morgan fingerprint density at radius 1 is 1.33 bits per heavy atom. The second-order valence-electron chi connectivity index (χ2n) is 4.31. The molecule has 1 aromatic heterocycles. The third-order valence-corrected chi connectivity index (χ3v) is 3.11. The molecule has 1 heterocycles. The summed E-state index contributed by atoms with van der Waals surface area (Å²) in [6.07, 6.45) is 2.82. The molecule has 0 aliphatic heterocycles. The van der Waals surface area contributed by atoms with E-state index in [1.165, 1.54) is 5.56 Å². The molecule has 0 aliphatic rings. The number of benzene rings is 1. The Kier molecular flexibility index (Phi) is 4.73. The van der Waals surface area contributed by atoms with Gasteiger partial charge in [-0.2, -0.15) is 0 Å². The molecule has 2 aromatic rings. The molecular formula is C13H17ClN4. The number of aromatic nitrogens is 3. The van der Waals surface area contributed by atoms with Crippen LogP contribution in [0, 0.1) is 0 Å². The number of rotatable bonds is 6. The molecule has 1 atom stereocenters. The minimum atomic E-state index is 0.246. The molecule has 0 saturated heterocycles. The predicted octanol–water partition coefficient (Wildman–Crippen LogP) is 1.75. The minimum Gasteiger partial charge on any atom is -0.307 e. The average Bonchev–Trinajstić information content (AvgIpc) is 2.81. The first-order valence-electron chi connectivity index (χ1n) is 5.96. The van der Waals surface area contributed by atoms with Crippen LogP contribution in [-0.2, 0) is 20.0 Å². The maximum Gasteiger partial charge on any atom is 0.0964 e. The number of nitrogens with one attached hydrogen (secondary N) is 1. The van der Waals surface area contributed by atoms with Gasteiger partial charge in [0, 0.05) is 31.7 Å². The van der Waals surface area contributed by atoms with Crippen molar-refractivity contribution in [1.29, 1.82) is 0 Å². The number of hydrogen-bond donors (Lipinski definition) is 1. The van der Waals surface area contributed by atoms with Gasteiger partial charge in [-0.3, -0.25) is 4.68 Å². The summed E-state index contributed by atoms with van der Waals surface area (Å²) in [6.45, 7) is 0.693. The van der Waals surface area contributed by atoms with E-state index < -0.39 is 0 Å². The Morgan fingerprint density at radius 3 is 2.72 bits per heavy atom. The van der Waals surface area contributed by atoms with E-state index in [4.69, 9.17) is 11.6 Å². The summed E-state index contributed by atoms with van der Waals surface area (Å²) >= 11 is 5.99. The van der Waals surface area contributed by atoms with Crippen molar-refractivity contribution in [3.8, 4) is 0 Å². The van der Waals surface area contributed by atoms with Crippen molar-refractivity contribution in [3.05, 3.63) is 47.8 Å². The summed E-state index contributed by atoms with van der Waals surface area (Å²) < 4.78 is 1.70. The van der Waals surface area contributed by atoms with E-state index >= 15 is 0 Å². The fraction of sp³-hybridized carbons (Fsp3) is 0.385. The molecule has 0 bridgehead atoms. The van der Waals surface area contributed by atoms with Crippen LogP contribution in [0.4, 0.5) is 0 Å². The fourth-order valence-corrected chi connectivity index (χ4v) is 2.02. The zero-order chi connectivity index (χ0) is 12.8. The molecule has 1 aromatic carbocycles. The molecule has 0 amide bonds. The topological polar surface area (TPSA) is 42.7 Å². The normalized spacial score (nSPS) is 12.6. The summed E-state index contributed by atoms with van der Waals surface area (Å²) in [4.78, 5) is 0. The smallest absolute Gasteiger partial charge is 0.0964 e. The lowest BCUT2D eigenvalue weighted by atomic mass is 10.1. The first kappa shape index (κ1) is 13.1. The highest BCUT2D eigenvalue weighted by Gasteiger charge is 2.08. The van der Waals surface area contributed by atoms with Crippen LogP contribution in [0.5, 0.6) is 0 Å². The first-order valence-corrected chi connectivity index (χ1v) is 6.50. The Hall–Kier alpha value is -1.39. The number of alkyl halides is 1. The largest absolute Gasteiger partial charge is 0.307 e. The third kappa shape index (κ3) is 3.82. The van der Waals surface area contributed by atoms with Gasteiger partial charge in [-0.05, 0) is 12.0 Å². The van der Waals surface area contributed by atoms with Crippen LogP contribution in [-0.4, -0.2) is 26.9 Å². The van der Waals surface area contributed by atoms with E-state index in [-0.39, 0.29) is 6.04 Å². The van der Waals surface area contributed by atoms with Gasteiger partial charge < -0.3 is 5.32 Å². The monoisotopic (exact) mass is 264 g/mol. The van der Waals surface area contributed by atoms with Crippen LogP contribution >= 0.6 is 11.6 Å². The second kappa shape index (κ2) is 6.52. The average molecular weight is 265 g/mol. The molecule has 0 aliphatic carbocycles. The van der Waals surface area contributed by atoms with Gasteiger partial charge in [0.1, 0.15) is 0 Å². The number of aryl methyl sites for hydroxylation is 1. The molecule has 0 radical (unpaired) electrons. The quantitative estimate of drug-likeness (QED) is 0.809. The van der Waals surface area contributed by atoms with Crippen LogP contribution in [0.1, 0.15) is 11.3 Å². The molecular weight excluding hydrogens is 248 g/mol. The van der Waals surface area contributed by atoms with Crippen LogP contribution in [0.2, 0.25) is 0 Å². The Morgan fingerprint density at radius 2 is 2.11 bits per heavy atom. The maximum atomic E-state index is 5.99. The molecule has 0 saturated carbocycles. The Bertz CT molecular complexity index is 469. The van der Waals surface area contributed by atoms with E-state index in [2.05, 4.69) is 27.8 Å². The van der Waals surface area contributed by atoms with E-state index in [1.54, 1.807) is 4.68 Å². The molecule has 0 fully saturated rings. The van der Waals surface area contributed by atoms with Crippen molar-refractivity contribution in [1.82, 2.24) is 20.3 Å². The zero-order valence-electron chi connectivity index (χ0n) is 10.4. The van der Waals surface area contributed by atoms with Crippen molar-refractivity contribution >= 4 is 11.6 Å². The number of halogens is 1. The summed E-state index contributed by atoms with van der Waals surface area (Å²) in [6, 6.07) is 10.6. The van der Waals surface area contributed by atoms with Gasteiger partial charge in [0.15, 0.2) is 0 Å². The lowest BCUT2D eigenvalue weighted by Crippen LogP contribution is -2.32. The van der Waals surface area contributed by atoms with Gasteiger partial charge in [0.25, 0.3) is 0 Å². The van der Waals surface area contributed by atoms with E-state index in [9.17, 15) is 0 Å². The van der Waals surface area contributed by atoms with Gasteiger partial charge in [-0.15, -0.1) is 16.7 Å². The molecule has 18 heavy (non-hydrogen) atoms. The molecule has 96 valence electrons. The van der Waals surface area contributed by atoms with Crippen LogP contribution in [0.15, 0.2) is 36.5 Å². The molecule has 2 rings (SSSR count). The van der Waals surface area contributed by atoms with Gasteiger partial charge in [-0.25, -0.2) is 0 Å². The van der Waals surface area contributed by atoms with Crippen molar-refractivity contribution in [2.24, 2.45) is 7.05 Å². The Labute approximate surface area is 112 Å². The lowest BCUT2D eigenvalue weighted by Gasteiger charge is -2.15. The minimum absolute atomic E-state index is 0.246. The second-order valence-corrected chi connectivity index (χ2v) is 4.61. The van der Waals surface area contributed by atoms with Gasteiger partial charge in [-0.1, -0.05) is 35.5 Å². The molecule has 1 N–H and O–H groups in total. The van der Waals surface area contributed by atoms with Gasteiger partial charge in [0.05, 0.1) is 5.69 Å². The maximum absolute atomic E-state index is 5.99. The highest BCUT2D eigenvalue weighted by molar-refractivity contribution is 6.18. The van der Waals surface area contributed by atoms with Crippen molar-refractivity contribution < 1.29 is 0 Å². The van der Waals surface area contributed by atoms with Gasteiger partial charge >= 0.3 is 0 Å². The number of nitrogens with zero attached hydrogens (tertiary/aromatic N) is 3. The lowest BCUT2D eigenvalue weighted by molar-refractivity contribution is 0.544. The molecule has 0 spiro atoms. The summed E-state index contributed by atoms with van der Waals surface area (Å²) in [7, 11) is 1.86. The third-order valence-electron chi connectivity index (χ3n) is 2.73. The predicted molar refractivity (Wildman–Crippen MR) is 72.5 cm³/mol. The molecule has 4 nitrogen and oxygen atoms in total. The van der Waals surface area contributed by atoms with E-state index in [1.807, 2.05) is 31.4 Å². The Balaban J connectivity index is 1.86. The zero-order valence-corrected chi connectivity index (χ0v) is 11.1. The van der Waals surface area contributed by atoms with Crippen molar-refractivity contribution in [3.63, 3.8) is 0 Å². The summed E-state index contributed by atoms with van der Waals surface area (Å²) in [5.74, 6) is 0.579. The van der Waals surface area contributed by atoms with Crippen molar-refractivity contribution in [2.45, 2.75) is 19.0 Å². The van der Waals surface area contributed by atoms with Gasteiger partial charge in [0.2, 0.25) is 0 Å². The fourth-order valence-electron chi connectivity index (χ4n) is 1.81. The first-order chi connectivity index (χ1) is 8.78. The SMILES string of the molecule is Cn1cc(CNC(CCl)Cc2ccccc2)nn1. The molecule has 5 heteroatoms. The summed E-state index contributed by atoms with van der Waals surface area (Å²) in [5, 5.41) is 11.3. The van der Waals surface area contributed by atoms with Crippen LogP contribution < -0.4 is 5.32 Å². The highest BCUT2D eigenvalue weighted by Crippen LogP contribution is 2.05. The standard InChI is InChI=1S/C13H17ClN4/c1-18-10-13(16-17-18)9-15-12(8-14)7-11-5-3-2-4-6-11/h2-6,10,12,15H,7-9H2,1H3. The highest BCUT2D eigenvalue weighted by atomic mass is 35.5.